The van der Waals surface area contributed by atoms with Crippen molar-refractivity contribution in [3.05, 3.63) is 29.8 Å². The summed E-state index contributed by atoms with van der Waals surface area (Å²) >= 11 is 0. The van der Waals surface area contributed by atoms with Gasteiger partial charge < -0.3 is 16.0 Å². The minimum atomic E-state index is -0.815. The second-order valence-corrected chi connectivity index (χ2v) is 6.23. The van der Waals surface area contributed by atoms with E-state index in [1.54, 1.807) is 29.2 Å². The number of carbonyl (C=O) groups is 2. The van der Waals surface area contributed by atoms with Crippen LogP contribution in [0.1, 0.15) is 10.4 Å². The molecule has 2 rings (SSSR count). The van der Waals surface area contributed by atoms with Gasteiger partial charge in [-0.1, -0.05) is 0 Å². The third-order valence-electron chi connectivity index (χ3n) is 3.10. The first-order valence-corrected chi connectivity index (χ1v) is 7.81. The molecule has 3 N–H and O–H groups in total. The van der Waals surface area contributed by atoms with Crippen LogP contribution >= 0.6 is 0 Å². The van der Waals surface area contributed by atoms with Crippen LogP contribution in [-0.2, 0) is 15.6 Å². The Morgan fingerprint density at radius 2 is 1.80 bits per heavy atom. The Morgan fingerprint density at radius 3 is 2.40 bits per heavy atom. The van der Waals surface area contributed by atoms with Gasteiger partial charge in [-0.25, -0.2) is 0 Å². The van der Waals surface area contributed by atoms with Gasteiger partial charge in [-0.05, 0) is 24.3 Å². The quantitative estimate of drug-likeness (QED) is 0.741. The van der Waals surface area contributed by atoms with Gasteiger partial charge in [0, 0.05) is 46.6 Å². The predicted molar refractivity (Wildman–Crippen MR) is 77.6 cm³/mol. The van der Waals surface area contributed by atoms with Crippen LogP contribution in [0.4, 0.5) is 5.69 Å². The molecule has 1 saturated heterocycles. The standard InChI is InChI=1S/C13H17N3O3S/c14-11-3-1-10(2-4-11)13(18)15-9-12(17)16-5-7-20(19)8-6-16/h1-4H,5-9,14H2,(H,15,18). The number of nitrogens with one attached hydrogen (secondary N) is 1. The molecule has 0 bridgehead atoms. The summed E-state index contributed by atoms with van der Waals surface area (Å²) in [4.78, 5) is 25.3. The molecule has 20 heavy (non-hydrogen) atoms. The van der Waals surface area contributed by atoms with Crippen LogP contribution in [0.25, 0.3) is 0 Å². The number of amides is 2. The summed E-state index contributed by atoms with van der Waals surface area (Å²) in [7, 11) is -0.815. The van der Waals surface area contributed by atoms with E-state index in [2.05, 4.69) is 5.32 Å². The normalized spacial score (nSPS) is 15.9. The number of benzene rings is 1. The van der Waals surface area contributed by atoms with Crippen molar-refractivity contribution >= 4 is 28.3 Å². The maximum atomic E-state index is 11.9. The molecule has 0 aliphatic carbocycles. The third-order valence-corrected chi connectivity index (χ3v) is 4.38. The van der Waals surface area contributed by atoms with Gasteiger partial charge in [0.05, 0.1) is 6.54 Å². The van der Waals surface area contributed by atoms with Crippen molar-refractivity contribution in [2.24, 2.45) is 0 Å². The van der Waals surface area contributed by atoms with Crippen molar-refractivity contribution in [3.8, 4) is 0 Å². The molecular weight excluding hydrogens is 278 g/mol. The lowest BCUT2D eigenvalue weighted by Gasteiger charge is -2.26. The fraction of sp³-hybridized carbons (Fsp3) is 0.385. The smallest absolute Gasteiger partial charge is 0.251 e. The molecule has 0 spiro atoms. The van der Waals surface area contributed by atoms with E-state index in [0.29, 0.717) is 35.8 Å². The largest absolute Gasteiger partial charge is 0.399 e. The van der Waals surface area contributed by atoms with E-state index < -0.39 is 10.8 Å². The Morgan fingerprint density at radius 1 is 1.20 bits per heavy atom. The van der Waals surface area contributed by atoms with Crippen molar-refractivity contribution < 1.29 is 13.8 Å². The summed E-state index contributed by atoms with van der Waals surface area (Å²) in [5.41, 5.74) is 6.59. The molecule has 108 valence electrons. The maximum absolute atomic E-state index is 11.9. The molecule has 0 atom stereocenters. The number of nitrogen functional groups attached to an aromatic ring is 1. The van der Waals surface area contributed by atoms with E-state index in [-0.39, 0.29) is 18.4 Å². The minimum absolute atomic E-state index is 0.0458. The maximum Gasteiger partial charge on any atom is 0.251 e. The van der Waals surface area contributed by atoms with Crippen LogP contribution in [0, 0.1) is 0 Å². The van der Waals surface area contributed by atoms with Gasteiger partial charge >= 0.3 is 0 Å². The minimum Gasteiger partial charge on any atom is -0.399 e. The first kappa shape index (κ1) is 14.5. The molecule has 1 aliphatic rings. The first-order chi connectivity index (χ1) is 9.56. The summed E-state index contributed by atoms with van der Waals surface area (Å²) in [6, 6.07) is 6.49. The summed E-state index contributed by atoms with van der Waals surface area (Å²) in [5, 5.41) is 2.58. The molecule has 1 fully saturated rings. The number of carbonyl (C=O) groups excluding carboxylic acids is 2. The lowest BCUT2D eigenvalue weighted by molar-refractivity contribution is -0.129. The Kier molecular flexibility index (Phi) is 4.73. The molecule has 1 aromatic rings. The topological polar surface area (TPSA) is 92.5 Å². The van der Waals surface area contributed by atoms with Crippen LogP contribution in [0.2, 0.25) is 0 Å². The van der Waals surface area contributed by atoms with Gasteiger partial charge in [0.15, 0.2) is 0 Å². The molecule has 0 aromatic heterocycles. The van der Waals surface area contributed by atoms with Gasteiger partial charge in [-0.15, -0.1) is 0 Å². The lowest BCUT2D eigenvalue weighted by Crippen LogP contribution is -2.46. The van der Waals surface area contributed by atoms with Gasteiger partial charge in [0.25, 0.3) is 5.91 Å². The zero-order valence-corrected chi connectivity index (χ0v) is 11.8. The second kappa shape index (κ2) is 6.51. The summed E-state index contributed by atoms with van der Waals surface area (Å²) in [6.07, 6.45) is 0. The summed E-state index contributed by atoms with van der Waals surface area (Å²) < 4.78 is 11.2. The van der Waals surface area contributed by atoms with Crippen LogP contribution in [0.5, 0.6) is 0 Å². The average molecular weight is 295 g/mol. The molecule has 0 saturated carbocycles. The predicted octanol–water partition coefficient (Wildman–Crippen LogP) is -0.410. The molecule has 7 heteroatoms. The van der Waals surface area contributed by atoms with Crippen molar-refractivity contribution in [1.82, 2.24) is 10.2 Å². The number of hydrogen-bond acceptors (Lipinski definition) is 4. The van der Waals surface area contributed by atoms with E-state index in [9.17, 15) is 13.8 Å². The Balaban J connectivity index is 1.82. The highest BCUT2D eigenvalue weighted by atomic mass is 32.2. The first-order valence-electron chi connectivity index (χ1n) is 6.33. The van der Waals surface area contributed by atoms with E-state index in [1.165, 1.54) is 0 Å². The number of nitrogens with two attached hydrogens (primary N) is 1. The van der Waals surface area contributed by atoms with E-state index in [1.807, 2.05) is 0 Å². The highest BCUT2D eigenvalue weighted by Crippen LogP contribution is 2.05. The number of nitrogens with zero attached hydrogens (tertiary/aromatic N) is 1. The van der Waals surface area contributed by atoms with Crippen LogP contribution in [0.3, 0.4) is 0 Å². The molecule has 1 heterocycles. The summed E-state index contributed by atoms with van der Waals surface area (Å²) in [6.45, 7) is 0.933. The Bertz CT molecular complexity index is 520. The van der Waals surface area contributed by atoms with Crippen LogP contribution in [0.15, 0.2) is 24.3 Å². The van der Waals surface area contributed by atoms with Gasteiger partial charge in [0.1, 0.15) is 0 Å². The van der Waals surface area contributed by atoms with E-state index >= 15 is 0 Å². The number of anilines is 1. The molecule has 1 aliphatic heterocycles. The third kappa shape index (κ3) is 3.80. The van der Waals surface area contributed by atoms with Crippen molar-refractivity contribution in [1.29, 1.82) is 0 Å². The molecule has 1 aromatic carbocycles. The monoisotopic (exact) mass is 295 g/mol. The fourth-order valence-corrected chi connectivity index (χ4v) is 2.94. The molecule has 2 amide bonds. The van der Waals surface area contributed by atoms with E-state index in [4.69, 9.17) is 5.73 Å². The zero-order valence-electron chi connectivity index (χ0n) is 11.0. The lowest BCUT2D eigenvalue weighted by atomic mass is 10.2. The van der Waals surface area contributed by atoms with Crippen molar-refractivity contribution in [2.45, 2.75) is 0 Å². The fourth-order valence-electron chi connectivity index (χ4n) is 1.89. The molecule has 6 nitrogen and oxygen atoms in total. The SMILES string of the molecule is Nc1ccc(C(=O)NCC(=O)N2CCS(=O)CC2)cc1. The van der Waals surface area contributed by atoms with Crippen LogP contribution in [-0.4, -0.2) is 52.1 Å². The highest BCUT2D eigenvalue weighted by molar-refractivity contribution is 7.85. The number of hydrogen-bond donors (Lipinski definition) is 2. The zero-order chi connectivity index (χ0) is 14.5. The second-order valence-electron chi connectivity index (χ2n) is 4.53. The average Bonchev–Trinajstić information content (AvgIpc) is 2.46. The van der Waals surface area contributed by atoms with Crippen molar-refractivity contribution in [2.75, 3.05) is 36.9 Å². The summed E-state index contributed by atoms with van der Waals surface area (Å²) in [5.74, 6) is 0.569. The highest BCUT2D eigenvalue weighted by Gasteiger charge is 2.20. The van der Waals surface area contributed by atoms with Gasteiger partial charge in [0.2, 0.25) is 5.91 Å². The van der Waals surface area contributed by atoms with Crippen molar-refractivity contribution in [3.63, 3.8) is 0 Å². The van der Waals surface area contributed by atoms with Gasteiger partial charge in [-0.2, -0.15) is 0 Å². The van der Waals surface area contributed by atoms with E-state index in [0.717, 1.165) is 0 Å². The van der Waals surface area contributed by atoms with Crippen LogP contribution < -0.4 is 11.1 Å². The Hall–Kier alpha value is -1.89. The molecule has 0 radical (unpaired) electrons. The number of rotatable bonds is 3. The van der Waals surface area contributed by atoms with Gasteiger partial charge in [-0.3, -0.25) is 13.8 Å². The molecule has 0 unspecified atom stereocenters. The Labute approximate surface area is 119 Å². The molecular formula is C13H17N3O3S.